The number of ether oxygens (including phenoxy) is 2. The van der Waals surface area contributed by atoms with Crippen LogP contribution in [-0.4, -0.2) is 50.6 Å². The van der Waals surface area contributed by atoms with Gasteiger partial charge in [0.1, 0.15) is 24.8 Å². The number of nitrogens with two attached hydrogens (primary N) is 1. The van der Waals surface area contributed by atoms with Gasteiger partial charge in [0.25, 0.3) is 0 Å². The molecule has 0 aliphatic carbocycles. The van der Waals surface area contributed by atoms with Gasteiger partial charge < -0.3 is 30.7 Å². The number of aromatic nitrogens is 3. The van der Waals surface area contributed by atoms with Crippen LogP contribution in [0.1, 0.15) is 42.4 Å². The third-order valence-electron chi connectivity index (χ3n) is 5.63. The second-order valence-corrected chi connectivity index (χ2v) is 8.85. The minimum atomic E-state index is -1.01. The van der Waals surface area contributed by atoms with E-state index in [0.29, 0.717) is 40.6 Å². The predicted octanol–water partition coefficient (Wildman–Crippen LogP) is 2.91. The Bertz CT molecular complexity index is 1270. The van der Waals surface area contributed by atoms with Gasteiger partial charge in [0, 0.05) is 23.6 Å². The Kier molecular flexibility index (Phi) is 7.66. The van der Waals surface area contributed by atoms with Gasteiger partial charge in [0.2, 0.25) is 11.8 Å². The predicted molar refractivity (Wildman–Crippen MR) is 133 cm³/mol. The molecule has 0 saturated heterocycles. The number of nitrogens with zero attached hydrogens (tertiary/aromatic N) is 3. The average molecular weight is 496 g/mol. The monoisotopic (exact) mass is 495 g/mol. The zero-order valence-corrected chi connectivity index (χ0v) is 20.4. The molecule has 0 unspecified atom stereocenters. The zero-order valence-electron chi connectivity index (χ0n) is 20.4. The fraction of sp³-hybridized carbons (Fsp3) is 0.346. The SMILES string of the molecule is Cc1nc(N)nc2c1/C(=C/OC[C@@H](O)CO)N[C@@H](c1ccc(F)cc1-c1cccc(OC(C)C)n1)C2. The molecule has 4 rings (SSSR count). The summed E-state index contributed by atoms with van der Waals surface area (Å²) in [6, 6.07) is 9.64. The van der Waals surface area contributed by atoms with Crippen LogP contribution in [0.25, 0.3) is 17.0 Å². The topological polar surface area (TPSA) is 136 Å². The minimum absolute atomic E-state index is 0.0540. The highest BCUT2D eigenvalue weighted by Gasteiger charge is 2.29. The molecule has 1 aliphatic heterocycles. The van der Waals surface area contributed by atoms with E-state index in [1.807, 2.05) is 32.9 Å². The number of benzene rings is 1. The number of halogens is 1. The van der Waals surface area contributed by atoms with Gasteiger partial charge in [-0.25, -0.2) is 19.3 Å². The molecular formula is C26H30FN5O4. The van der Waals surface area contributed by atoms with Crippen molar-refractivity contribution in [3.63, 3.8) is 0 Å². The summed E-state index contributed by atoms with van der Waals surface area (Å²) < 4.78 is 25.7. The third kappa shape index (κ3) is 5.72. The van der Waals surface area contributed by atoms with Gasteiger partial charge in [0.05, 0.1) is 41.5 Å². The number of aryl methyl sites for hydroxylation is 1. The summed E-state index contributed by atoms with van der Waals surface area (Å²) in [6.45, 7) is 5.14. The Morgan fingerprint density at radius 2 is 2.03 bits per heavy atom. The van der Waals surface area contributed by atoms with Gasteiger partial charge in [-0.2, -0.15) is 0 Å². The quantitative estimate of drug-likeness (QED) is 0.348. The van der Waals surface area contributed by atoms with Gasteiger partial charge in [0.15, 0.2) is 0 Å². The highest BCUT2D eigenvalue weighted by Crippen LogP contribution is 2.37. The Morgan fingerprint density at radius 3 is 2.78 bits per heavy atom. The highest BCUT2D eigenvalue weighted by atomic mass is 19.1. The molecule has 0 amide bonds. The molecule has 3 heterocycles. The van der Waals surface area contributed by atoms with E-state index in [2.05, 4.69) is 20.3 Å². The number of pyridine rings is 1. The highest BCUT2D eigenvalue weighted by molar-refractivity contribution is 5.72. The van der Waals surface area contributed by atoms with E-state index in [9.17, 15) is 9.50 Å². The van der Waals surface area contributed by atoms with E-state index in [4.69, 9.17) is 20.3 Å². The number of hydrogen-bond donors (Lipinski definition) is 4. The van der Waals surface area contributed by atoms with Crippen LogP contribution in [0.5, 0.6) is 5.88 Å². The first kappa shape index (κ1) is 25.3. The molecule has 10 heteroatoms. The van der Waals surface area contributed by atoms with Crippen molar-refractivity contribution in [2.75, 3.05) is 18.9 Å². The summed E-state index contributed by atoms with van der Waals surface area (Å²) in [6.07, 6.45) is 0.858. The smallest absolute Gasteiger partial charge is 0.220 e. The lowest BCUT2D eigenvalue weighted by molar-refractivity contribution is 0.0385. The van der Waals surface area contributed by atoms with E-state index in [1.165, 1.54) is 18.4 Å². The van der Waals surface area contributed by atoms with Crippen molar-refractivity contribution in [2.24, 2.45) is 0 Å². The summed E-state index contributed by atoms with van der Waals surface area (Å²) in [4.78, 5) is 13.3. The number of fused-ring (bicyclic) bond motifs is 1. The fourth-order valence-corrected chi connectivity index (χ4v) is 4.16. The largest absolute Gasteiger partial charge is 0.496 e. The Hall–Kier alpha value is -3.76. The molecule has 1 aliphatic rings. The van der Waals surface area contributed by atoms with Crippen molar-refractivity contribution in [3.8, 4) is 17.1 Å². The van der Waals surface area contributed by atoms with Crippen LogP contribution < -0.4 is 15.8 Å². The second-order valence-electron chi connectivity index (χ2n) is 8.85. The normalized spacial score (nSPS) is 17.0. The van der Waals surface area contributed by atoms with Gasteiger partial charge in [-0.05, 0) is 44.5 Å². The van der Waals surface area contributed by atoms with Crippen molar-refractivity contribution in [2.45, 2.75) is 45.4 Å². The van der Waals surface area contributed by atoms with Crippen molar-refractivity contribution in [3.05, 3.63) is 71.0 Å². The Morgan fingerprint density at radius 1 is 1.22 bits per heavy atom. The maximum atomic E-state index is 14.4. The molecule has 9 nitrogen and oxygen atoms in total. The summed E-state index contributed by atoms with van der Waals surface area (Å²) in [5, 5.41) is 22.2. The molecule has 2 atom stereocenters. The molecule has 1 aromatic carbocycles. The van der Waals surface area contributed by atoms with Crippen LogP contribution in [0, 0.1) is 12.7 Å². The summed E-state index contributed by atoms with van der Waals surface area (Å²) >= 11 is 0. The molecule has 0 spiro atoms. The van der Waals surface area contributed by atoms with Gasteiger partial charge in [-0.3, -0.25) is 0 Å². The molecule has 36 heavy (non-hydrogen) atoms. The number of nitrogens with one attached hydrogen (secondary N) is 1. The van der Waals surface area contributed by atoms with E-state index < -0.39 is 12.7 Å². The van der Waals surface area contributed by atoms with Crippen LogP contribution in [0.15, 0.2) is 42.7 Å². The Labute approximate surface area is 208 Å². The Balaban J connectivity index is 1.76. The molecule has 3 aromatic rings. The minimum Gasteiger partial charge on any atom is -0.496 e. The van der Waals surface area contributed by atoms with E-state index >= 15 is 0 Å². The molecule has 0 radical (unpaired) electrons. The van der Waals surface area contributed by atoms with Crippen LogP contribution in [0.3, 0.4) is 0 Å². The number of rotatable bonds is 8. The molecule has 2 aromatic heterocycles. The number of aliphatic hydroxyl groups is 2. The van der Waals surface area contributed by atoms with Crippen molar-refractivity contribution < 1.29 is 24.1 Å². The second kappa shape index (κ2) is 10.9. The zero-order chi connectivity index (χ0) is 25.8. The lowest BCUT2D eigenvalue weighted by Crippen LogP contribution is -2.30. The standard InChI is InChI=1S/C26H30FN5O4/c1-14(2)36-24-6-4-5-20(31-24)19-9-16(27)7-8-18(19)21-10-22-25(15(3)29-26(28)32-22)23(30-21)13-35-12-17(34)11-33/h4-9,13-14,17,21,30,33-34H,10-12H2,1-3H3,(H2,28,29,32)/b23-13-/t17-,21+/m0/s1. The molecule has 0 fully saturated rings. The van der Waals surface area contributed by atoms with Crippen molar-refractivity contribution in [1.82, 2.24) is 20.3 Å². The summed E-state index contributed by atoms with van der Waals surface area (Å²) in [5.41, 5.74) is 10.6. The number of hydrogen-bond acceptors (Lipinski definition) is 9. The number of anilines is 1. The van der Waals surface area contributed by atoms with Crippen LogP contribution >= 0.6 is 0 Å². The van der Waals surface area contributed by atoms with E-state index in [1.54, 1.807) is 12.1 Å². The lowest BCUT2D eigenvalue weighted by atomic mass is 9.89. The first-order valence-corrected chi connectivity index (χ1v) is 11.7. The molecule has 190 valence electrons. The van der Waals surface area contributed by atoms with Crippen molar-refractivity contribution in [1.29, 1.82) is 0 Å². The molecule has 0 bridgehead atoms. The third-order valence-corrected chi connectivity index (χ3v) is 5.63. The number of aliphatic hydroxyl groups excluding tert-OH is 2. The molecule has 5 N–H and O–H groups in total. The van der Waals surface area contributed by atoms with Gasteiger partial charge in [-0.15, -0.1) is 0 Å². The van der Waals surface area contributed by atoms with E-state index in [0.717, 1.165) is 11.1 Å². The van der Waals surface area contributed by atoms with Gasteiger partial charge >= 0.3 is 0 Å². The van der Waals surface area contributed by atoms with E-state index in [-0.39, 0.29) is 30.5 Å². The first-order chi connectivity index (χ1) is 17.2. The van der Waals surface area contributed by atoms with Crippen molar-refractivity contribution >= 4 is 11.6 Å². The van der Waals surface area contributed by atoms with Crippen LogP contribution in [0.2, 0.25) is 0 Å². The molecular weight excluding hydrogens is 465 g/mol. The van der Waals surface area contributed by atoms with Crippen LogP contribution in [0.4, 0.5) is 10.3 Å². The van der Waals surface area contributed by atoms with Crippen LogP contribution in [-0.2, 0) is 11.2 Å². The number of nitrogen functional groups attached to an aromatic ring is 1. The summed E-state index contributed by atoms with van der Waals surface area (Å²) in [5.74, 6) is 0.219. The fourth-order valence-electron chi connectivity index (χ4n) is 4.16. The van der Waals surface area contributed by atoms with Gasteiger partial charge in [-0.1, -0.05) is 12.1 Å². The summed E-state index contributed by atoms with van der Waals surface area (Å²) in [7, 11) is 0. The maximum absolute atomic E-state index is 14.4. The average Bonchev–Trinajstić information content (AvgIpc) is 2.83. The lowest BCUT2D eigenvalue weighted by Gasteiger charge is -2.31. The molecule has 0 saturated carbocycles. The first-order valence-electron chi connectivity index (χ1n) is 11.7. The maximum Gasteiger partial charge on any atom is 0.220 e.